The number of carbonyl (C=O) groups excluding carboxylic acids is 1. The molecule has 0 aromatic heterocycles. The lowest BCUT2D eigenvalue weighted by atomic mass is 9.78. The van der Waals surface area contributed by atoms with Crippen molar-refractivity contribution in [2.24, 2.45) is 0 Å². The molecule has 2 unspecified atom stereocenters. The minimum Gasteiger partial charge on any atom is -0.497 e. The molecule has 0 saturated carbocycles. The van der Waals surface area contributed by atoms with Gasteiger partial charge in [-0.05, 0) is 81.6 Å². The summed E-state index contributed by atoms with van der Waals surface area (Å²) in [4.78, 5) is 17.7. The van der Waals surface area contributed by atoms with Crippen molar-refractivity contribution < 1.29 is 9.53 Å². The first-order valence-corrected chi connectivity index (χ1v) is 12.2. The van der Waals surface area contributed by atoms with Crippen LogP contribution in [0.1, 0.15) is 48.9 Å². The summed E-state index contributed by atoms with van der Waals surface area (Å²) in [6, 6.07) is 14.2. The molecule has 32 heavy (non-hydrogen) atoms. The van der Waals surface area contributed by atoms with Gasteiger partial charge in [-0.2, -0.15) is 0 Å². The van der Waals surface area contributed by atoms with Crippen molar-refractivity contribution in [3.63, 3.8) is 0 Å². The van der Waals surface area contributed by atoms with E-state index in [-0.39, 0.29) is 11.3 Å². The molecule has 1 N–H and O–H groups in total. The molecule has 0 bridgehead atoms. The van der Waals surface area contributed by atoms with Gasteiger partial charge in [0.2, 0.25) is 0 Å². The van der Waals surface area contributed by atoms with E-state index in [2.05, 4.69) is 33.3 Å². The van der Waals surface area contributed by atoms with Crippen LogP contribution in [0, 0.1) is 0 Å². The van der Waals surface area contributed by atoms with E-state index in [9.17, 15) is 4.79 Å². The minimum absolute atomic E-state index is 0.0638. The molecule has 5 nitrogen and oxygen atoms in total. The number of methoxy groups -OCH3 is 1. The van der Waals surface area contributed by atoms with Gasteiger partial charge in [-0.1, -0.05) is 11.6 Å². The third kappa shape index (κ3) is 4.08. The van der Waals surface area contributed by atoms with Crippen LogP contribution in [0.2, 0.25) is 5.02 Å². The Morgan fingerprint density at radius 2 is 2.03 bits per heavy atom. The fourth-order valence-corrected chi connectivity index (χ4v) is 6.08. The van der Waals surface area contributed by atoms with Gasteiger partial charge in [0, 0.05) is 36.2 Å². The van der Waals surface area contributed by atoms with Crippen molar-refractivity contribution in [2.45, 2.75) is 50.1 Å². The number of piperidine rings is 1. The Morgan fingerprint density at radius 1 is 1.19 bits per heavy atom. The standard InChI is InChI=1S/C26H32ClN3O2/c1-32-21-11-12-23-22(17-21)28-26(25-6-3-16-30(23)25)13-4-15-29(18-26)14-2-5-24(31)19-7-9-20(27)10-8-19/h7-12,17,25,28H,2-6,13-16,18H2,1H3. The first kappa shape index (κ1) is 21.6. The third-order valence-electron chi connectivity index (χ3n) is 7.43. The molecule has 2 fully saturated rings. The molecule has 0 amide bonds. The molecular formula is C26H32ClN3O2. The molecule has 3 aliphatic rings. The number of halogens is 1. The second-order valence-corrected chi connectivity index (χ2v) is 9.87. The smallest absolute Gasteiger partial charge is 0.162 e. The number of ketones is 1. The third-order valence-corrected chi connectivity index (χ3v) is 7.69. The molecule has 0 aliphatic carbocycles. The summed E-state index contributed by atoms with van der Waals surface area (Å²) in [5.74, 6) is 1.10. The van der Waals surface area contributed by atoms with Crippen LogP contribution in [0.5, 0.6) is 5.75 Å². The molecule has 6 heteroatoms. The predicted octanol–water partition coefficient (Wildman–Crippen LogP) is 5.24. The van der Waals surface area contributed by atoms with E-state index < -0.39 is 0 Å². The van der Waals surface area contributed by atoms with Crippen molar-refractivity contribution in [1.29, 1.82) is 0 Å². The number of benzene rings is 2. The molecular weight excluding hydrogens is 422 g/mol. The molecule has 170 valence electrons. The number of likely N-dealkylation sites (tertiary alicyclic amines) is 1. The molecule has 2 aromatic carbocycles. The Kier molecular flexibility index (Phi) is 6.04. The zero-order valence-electron chi connectivity index (χ0n) is 18.8. The average Bonchev–Trinajstić information content (AvgIpc) is 3.31. The van der Waals surface area contributed by atoms with Crippen LogP contribution < -0.4 is 15.0 Å². The van der Waals surface area contributed by atoms with Gasteiger partial charge in [0.05, 0.1) is 30.1 Å². The van der Waals surface area contributed by atoms with Gasteiger partial charge in [-0.25, -0.2) is 0 Å². The molecule has 1 spiro atoms. The topological polar surface area (TPSA) is 44.8 Å². The fourth-order valence-electron chi connectivity index (χ4n) is 5.96. The number of hydrogen-bond acceptors (Lipinski definition) is 5. The molecule has 5 rings (SSSR count). The number of fused-ring (bicyclic) bond motifs is 4. The highest BCUT2D eigenvalue weighted by Gasteiger charge is 2.50. The number of hydrogen-bond donors (Lipinski definition) is 1. The summed E-state index contributed by atoms with van der Waals surface area (Å²) >= 11 is 5.95. The summed E-state index contributed by atoms with van der Waals surface area (Å²) in [6.07, 6.45) is 6.31. The number of rotatable bonds is 6. The Bertz CT molecular complexity index is 980. The van der Waals surface area contributed by atoms with Crippen LogP contribution in [0.4, 0.5) is 11.4 Å². The van der Waals surface area contributed by atoms with Crippen molar-refractivity contribution in [3.05, 3.63) is 53.1 Å². The molecule has 3 aliphatic heterocycles. The number of Topliss-reactive ketones (excluding diaryl/α,β-unsaturated/α-hetero) is 1. The van der Waals surface area contributed by atoms with Crippen LogP contribution in [0.25, 0.3) is 0 Å². The molecule has 2 atom stereocenters. The Morgan fingerprint density at radius 3 is 2.84 bits per heavy atom. The first-order chi connectivity index (χ1) is 15.6. The van der Waals surface area contributed by atoms with Crippen molar-refractivity contribution in [2.75, 3.05) is 43.5 Å². The van der Waals surface area contributed by atoms with Crippen LogP contribution in [-0.2, 0) is 0 Å². The maximum atomic E-state index is 12.5. The van der Waals surface area contributed by atoms with Gasteiger partial charge in [0.25, 0.3) is 0 Å². The predicted molar refractivity (Wildman–Crippen MR) is 130 cm³/mol. The SMILES string of the molecule is COc1ccc2c(c1)NC1(CCCN(CCCC(=O)c3ccc(Cl)cc3)C1)C1CCCN21. The van der Waals surface area contributed by atoms with E-state index in [1.165, 1.54) is 37.1 Å². The van der Waals surface area contributed by atoms with Gasteiger partial charge in [-0.3, -0.25) is 4.79 Å². The van der Waals surface area contributed by atoms with Crippen LogP contribution in [-0.4, -0.2) is 55.6 Å². The maximum absolute atomic E-state index is 12.5. The van der Waals surface area contributed by atoms with Gasteiger partial charge < -0.3 is 19.9 Å². The van der Waals surface area contributed by atoms with E-state index in [4.69, 9.17) is 16.3 Å². The lowest BCUT2D eigenvalue weighted by molar-refractivity contribution is 0.0964. The summed E-state index contributed by atoms with van der Waals surface area (Å²) in [5, 5.41) is 4.64. The van der Waals surface area contributed by atoms with Crippen LogP contribution in [0.15, 0.2) is 42.5 Å². The number of ether oxygens (including phenoxy) is 1. The average molecular weight is 454 g/mol. The van der Waals surface area contributed by atoms with Gasteiger partial charge in [-0.15, -0.1) is 0 Å². The Hall–Kier alpha value is -2.24. The Labute approximate surface area is 195 Å². The second kappa shape index (κ2) is 8.95. The number of carbonyl (C=O) groups is 1. The lowest BCUT2D eigenvalue weighted by Gasteiger charge is -2.54. The highest BCUT2D eigenvalue weighted by atomic mass is 35.5. The summed E-state index contributed by atoms with van der Waals surface area (Å²) < 4.78 is 5.50. The zero-order chi connectivity index (χ0) is 22.1. The van der Waals surface area contributed by atoms with Crippen molar-refractivity contribution in [1.82, 2.24) is 4.90 Å². The lowest BCUT2D eigenvalue weighted by Crippen LogP contribution is -2.65. The molecule has 0 radical (unpaired) electrons. The Balaban J connectivity index is 1.26. The monoisotopic (exact) mass is 453 g/mol. The fraction of sp³-hybridized carbons (Fsp3) is 0.500. The van der Waals surface area contributed by atoms with Gasteiger partial charge in [0.1, 0.15) is 5.75 Å². The molecule has 2 saturated heterocycles. The second-order valence-electron chi connectivity index (χ2n) is 9.43. The van der Waals surface area contributed by atoms with E-state index >= 15 is 0 Å². The summed E-state index contributed by atoms with van der Waals surface area (Å²) in [5.41, 5.74) is 3.33. The number of anilines is 2. The first-order valence-electron chi connectivity index (χ1n) is 11.8. The summed E-state index contributed by atoms with van der Waals surface area (Å²) in [7, 11) is 1.73. The highest BCUT2D eigenvalue weighted by molar-refractivity contribution is 6.30. The zero-order valence-corrected chi connectivity index (χ0v) is 19.5. The quantitative estimate of drug-likeness (QED) is 0.606. The largest absolute Gasteiger partial charge is 0.497 e. The van der Waals surface area contributed by atoms with E-state index in [0.29, 0.717) is 17.5 Å². The highest BCUT2D eigenvalue weighted by Crippen LogP contribution is 2.47. The van der Waals surface area contributed by atoms with E-state index in [0.717, 1.165) is 43.9 Å². The molecule has 2 aromatic rings. The maximum Gasteiger partial charge on any atom is 0.162 e. The van der Waals surface area contributed by atoms with Gasteiger partial charge >= 0.3 is 0 Å². The van der Waals surface area contributed by atoms with Crippen LogP contribution >= 0.6 is 11.6 Å². The van der Waals surface area contributed by atoms with E-state index in [1.54, 1.807) is 19.2 Å². The van der Waals surface area contributed by atoms with E-state index in [1.807, 2.05) is 12.1 Å². The van der Waals surface area contributed by atoms with Crippen molar-refractivity contribution >= 4 is 28.8 Å². The number of nitrogens with zero attached hydrogens (tertiary/aromatic N) is 2. The summed E-state index contributed by atoms with van der Waals surface area (Å²) in [6.45, 7) is 4.22. The molecule has 3 heterocycles. The van der Waals surface area contributed by atoms with Gasteiger partial charge in [0.15, 0.2) is 5.78 Å². The van der Waals surface area contributed by atoms with Crippen LogP contribution in [0.3, 0.4) is 0 Å². The number of nitrogens with one attached hydrogen (secondary N) is 1. The normalized spacial score (nSPS) is 24.7. The minimum atomic E-state index is 0.0638. The van der Waals surface area contributed by atoms with Crippen molar-refractivity contribution in [3.8, 4) is 5.75 Å².